The highest BCUT2D eigenvalue weighted by molar-refractivity contribution is 9.10. The quantitative estimate of drug-likeness (QED) is 0.606. The molecule has 0 fully saturated rings. The van der Waals surface area contributed by atoms with Gasteiger partial charge in [0, 0.05) is 0 Å². The van der Waals surface area contributed by atoms with Crippen LogP contribution < -0.4 is 0 Å². The molecule has 1 aromatic rings. The van der Waals surface area contributed by atoms with Crippen LogP contribution in [0.2, 0.25) is 0 Å². The van der Waals surface area contributed by atoms with E-state index in [0.29, 0.717) is 4.67 Å². The van der Waals surface area contributed by atoms with Crippen LogP contribution in [0.3, 0.4) is 0 Å². The van der Waals surface area contributed by atoms with Gasteiger partial charge in [-0.2, -0.15) is 0 Å². The third kappa shape index (κ3) is 2.77. The minimum absolute atomic E-state index is 0.0636. The molecule has 0 atom stereocenters. The largest absolute Gasteiger partial charge is 0.446 e. The summed E-state index contributed by atoms with van der Waals surface area (Å²) in [7, 11) is 0. The van der Waals surface area contributed by atoms with Gasteiger partial charge in [0.05, 0.1) is 6.42 Å². The van der Waals surface area contributed by atoms with Crippen molar-refractivity contribution in [1.29, 1.82) is 0 Å². The van der Waals surface area contributed by atoms with Crippen LogP contribution in [0, 0.1) is 0 Å². The molecule has 70 valence electrons. The van der Waals surface area contributed by atoms with Crippen molar-refractivity contribution in [2.45, 2.75) is 6.42 Å². The molecule has 0 bridgehead atoms. The van der Waals surface area contributed by atoms with E-state index in [1.165, 1.54) is 12.1 Å². The van der Waals surface area contributed by atoms with Crippen LogP contribution in [0.4, 0.5) is 4.39 Å². The second kappa shape index (κ2) is 4.32. The first-order valence-corrected chi connectivity index (χ1v) is 4.29. The van der Waals surface area contributed by atoms with Gasteiger partial charge in [-0.25, -0.2) is 4.39 Å². The average molecular weight is 249 g/mol. The van der Waals surface area contributed by atoms with Crippen LogP contribution >= 0.6 is 15.9 Å². The van der Waals surface area contributed by atoms with E-state index in [0.717, 1.165) is 0 Å². The Morgan fingerprint density at radius 2 is 2.15 bits per heavy atom. The molecule has 0 saturated heterocycles. The predicted octanol–water partition coefficient (Wildman–Crippen LogP) is 2.15. The van der Waals surface area contributed by atoms with Crippen LogP contribution in [0.15, 0.2) is 21.2 Å². The molecule has 0 unspecified atom stereocenters. The van der Waals surface area contributed by atoms with Gasteiger partial charge in [-0.15, -0.1) is 0 Å². The topological polar surface area (TPSA) is 47.3 Å². The van der Waals surface area contributed by atoms with E-state index in [4.69, 9.17) is 4.42 Å². The van der Waals surface area contributed by atoms with Crippen molar-refractivity contribution >= 4 is 27.5 Å². The van der Waals surface area contributed by atoms with Crippen molar-refractivity contribution in [1.82, 2.24) is 0 Å². The van der Waals surface area contributed by atoms with Crippen molar-refractivity contribution in [2.24, 2.45) is 0 Å². The highest BCUT2D eigenvalue weighted by Gasteiger charge is 2.14. The SMILES string of the molecule is O=C(CF)CC(=O)c1ccc(Br)o1. The molecule has 0 amide bonds. The van der Waals surface area contributed by atoms with E-state index in [-0.39, 0.29) is 5.76 Å². The van der Waals surface area contributed by atoms with Crippen molar-refractivity contribution in [3.63, 3.8) is 0 Å². The molecule has 0 spiro atoms. The molecule has 1 aromatic heterocycles. The molecule has 3 nitrogen and oxygen atoms in total. The first-order chi connectivity index (χ1) is 6.13. The Hall–Kier alpha value is -0.970. The van der Waals surface area contributed by atoms with E-state index in [1.807, 2.05) is 0 Å². The summed E-state index contributed by atoms with van der Waals surface area (Å²) in [5.74, 6) is -1.18. The summed E-state index contributed by atoms with van der Waals surface area (Å²) in [5.41, 5.74) is 0. The third-order valence-corrected chi connectivity index (χ3v) is 1.78. The summed E-state index contributed by atoms with van der Waals surface area (Å²) in [6, 6.07) is 2.96. The van der Waals surface area contributed by atoms with E-state index in [1.54, 1.807) is 0 Å². The molecule has 0 aliphatic heterocycles. The zero-order valence-electron chi connectivity index (χ0n) is 6.55. The molecular formula is C8H6BrFO3. The van der Waals surface area contributed by atoms with Crippen LogP contribution in [-0.4, -0.2) is 18.2 Å². The number of hydrogen-bond donors (Lipinski definition) is 0. The lowest BCUT2D eigenvalue weighted by Crippen LogP contribution is -2.08. The zero-order valence-corrected chi connectivity index (χ0v) is 8.14. The highest BCUT2D eigenvalue weighted by Crippen LogP contribution is 2.15. The normalized spacial score (nSPS) is 10.0. The van der Waals surface area contributed by atoms with Gasteiger partial charge >= 0.3 is 0 Å². The van der Waals surface area contributed by atoms with Gasteiger partial charge in [0.1, 0.15) is 6.67 Å². The van der Waals surface area contributed by atoms with Gasteiger partial charge in [0.15, 0.2) is 16.2 Å². The Bertz CT molecular complexity index is 332. The fraction of sp³-hybridized carbons (Fsp3) is 0.250. The summed E-state index contributed by atoms with van der Waals surface area (Å²) in [4.78, 5) is 21.7. The average Bonchev–Trinajstić information content (AvgIpc) is 2.51. The smallest absolute Gasteiger partial charge is 0.205 e. The predicted molar refractivity (Wildman–Crippen MR) is 46.3 cm³/mol. The number of hydrogen-bond acceptors (Lipinski definition) is 3. The van der Waals surface area contributed by atoms with Crippen molar-refractivity contribution < 1.29 is 18.4 Å². The van der Waals surface area contributed by atoms with Crippen molar-refractivity contribution in [3.8, 4) is 0 Å². The lowest BCUT2D eigenvalue weighted by molar-refractivity contribution is -0.119. The van der Waals surface area contributed by atoms with Crippen LogP contribution in [0.1, 0.15) is 17.0 Å². The lowest BCUT2D eigenvalue weighted by Gasteiger charge is -1.92. The van der Waals surface area contributed by atoms with Crippen LogP contribution in [0.25, 0.3) is 0 Å². The van der Waals surface area contributed by atoms with Gasteiger partial charge in [0.2, 0.25) is 5.78 Å². The minimum atomic E-state index is -1.12. The molecular weight excluding hydrogens is 243 g/mol. The summed E-state index contributed by atoms with van der Waals surface area (Å²) < 4.78 is 17.0. The van der Waals surface area contributed by atoms with E-state index < -0.39 is 24.7 Å². The minimum Gasteiger partial charge on any atom is -0.446 e. The van der Waals surface area contributed by atoms with Crippen molar-refractivity contribution in [2.75, 3.05) is 6.67 Å². The molecule has 0 aliphatic rings. The maximum atomic E-state index is 11.7. The number of ketones is 2. The molecule has 0 aromatic carbocycles. The summed E-state index contributed by atoms with van der Waals surface area (Å²) in [6.07, 6.45) is -0.448. The Labute approximate surface area is 82.0 Å². The second-order valence-corrected chi connectivity index (χ2v) is 3.16. The molecule has 1 rings (SSSR count). The molecule has 1 heterocycles. The van der Waals surface area contributed by atoms with E-state index in [2.05, 4.69) is 15.9 Å². The number of carbonyl (C=O) groups is 2. The van der Waals surface area contributed by atoms with Crippen LogP contribution in [-0.2, 0) is 4.79 Å². The Morgan fingerprint density at radius 3 is 2.62 bits per heavy atom. The summed E-state index contributed by atoms with van der Waals surface area (Å²) >= 11 is 3.01. The van der Waals surface area contributed by atoms with Gasteiger partial charge in [0.25, 0.3) is 0 Å². The Morgan fingerprint density at radius 1 is 1.46 bits per heavy atom. The Kier molecular flexibility index (Phi) is 3.36. The van der Waals surface area contributed by atoms with Crippen LogP contribution in [0.5, 0.6) is 0 Å². The van der Waals surface area contributed by atoms with Gasteiger partial charge in [-0.1, -0.05) is 0 Å². The summed E-state index contributed by atoms with van der Waals surface area (Å²) in [5, 5.41) is 0. The first-order valence-electron chi connectivity index (χ1n) is 3.49. The number of furan rings is 1. The number of rotatable bonds is 4. The number of halogens is 2. The maximum Gasteiger partial charge on any atom is 0.205 e. The molecule has 5 heteroatoms. The Balaban J connectivity index is 2.64. The number of carbonyl (C=O) groups excluding carboxylic acids is 2. The van der Waals surface area contributed by atoms with E-state index in [9.17, 15) is 14.0 Å². The van der Waals surface area contributed by atoms with E-state index >= 15 is 0 Å². The monoisotopic (exact) mass is 248 g/mol. The fourth-order valence-electron chi connectivity index (χ4n) is 0.778. The molecule has 0 saturated carbocycles. The third-order valence-electron chi connectivity index (χ3n) is 1.35. The second-order valence-electron chi connectivity index (χ2n) is 2.38. The standard InChI is InChI=1S/C8H6BrFO3/c9-8-2-1-7(13-8)6(12)3-5(11)4-10/h1-2H,3-4H2. The van der Waals surface area contributed by atoms with Gasteiger partial charge < -0.3 is 4.42 Å². The number of Topliss-reactive ketones (excluding diaryl/α,β-unsaturated/α-hetero) is 2. The molecule has 0 aliphatic carbocycles. The molecule has 13 heavy (non-hydrogen) atoms. The molecule has 0 N–H and O–H groups in total. The first kappa shape index (κ1) is 10.1. The summed E-state index contributed by atoms with van der Waals surface area (Å²) in [6.45, 7) is -1.12. The van der Waals surface area contributed by atoms with Crippen molar-refractivity contribution in [3.05, 3.63) is 22.6 Å². The fourth-order valence-corrected chi connectivity index (χ4v) is 1.08. The van der Waals surface area contributed by atoms with Gasteiger partial charge in [-0.05, 0) is 28.1 Å². The maximum absolute atomic E-state index is 11.7. The van der Waals surface area contributed by atoms with Gasteiger partial charge in [-0.3, -0.25) is 9.59 Å². The molecule has 0 radical (unpaired) electrons. The zero-order chi connectivity index (χ0) is 9.84. The highest BCUT2D eigenvalue weighted by atomic mass is 79.9. The number of alkyl halides is 1. The lowest BCUT2D eigenvalue weighted by atomic mass is 10.2.